The van der Waals surface area contributed by atoms with Crippen LogP contribution < -0.4 is 4.90 Å². The molecule has 1 aromatic carbocycles. The summed E-state index contributed by atoms with van der Waals surface area (Å²) in [5.41, 5.74) is -0.0810. The van der Waals surface area contributed by atoms with E-state index in [2.05, 4.69) is 9.47 Å². The van der Waals surface area contributed by atoms with Crippen molar-refractivity contribution in [2.24, 2.45) is 0 Å². The number of esters is 1. The molecule has 0 radical (unpaired) electrons. The lowest BCUT2D eigenvalue weighted by Gasteiger charge is -2.12. The molecule has 2 amide bonds. The summed E-state index contributed by atoms with van der Waals surface area (Å²) >= 11 is 0. The molecule has 0 saturated carbocycles. The summed E-state index contributed by atoms with van der Waals surface area (Å²) in [5, 5.41) is 9.12. The first kappa shape index (κ1) is 14.3. The molecular weight excluding hydrogens is 276 g/mol. The predicted molar refractivity (Wildman–Crippen MR) is 70.9 cm³/mol. The summed E-state index contributed by atoms with van der Waals surface area (Å²) < 4.78 is 9.05. The maximum atomic E-state index is 12.4. The van der Waals surface area contributed by atoms with Crippen molar-refractivity contribution in [3.8, 4) is 6.07 Å². The van der Waals surface area contributed by atoms with Gasteiger partial charge in [0, 0.05) is 5.56 Å². The van der Waals surface area contributed by atoms with Gasteiger partial charge in [-0.1, -0.05) is 18.2 Å². The van der Waals surface area contributed by atoms with E-state index < -0.39 is 23.5 Å². The second kappa shape index (κ2) is 5.46. The van der Waals surface area contributed by atoms with Crippen LogP contribution in [0.4, 0.5) is 10.5 Å². The monoisotopic (exact) mass is 286 g/mol. The van der Waals surface area contributed by atoms with E-state index in [0.717, 1.165) is 19.1 Å². The van der Waals surface area contributed by atoms with Gasteiger partial charge < -0.3 is 9.47 Å². The molecule has 1 aliphatic rings. The van der Waals surface area contributed by atoms with Gasteiger partial charge >= 0.3 is 12.1 Å². The first-order chi connectivity index (χ1) is 10.1. The van der Waals surface area contributed by atoms with Gasteiger partial charge in [-0.3, -0.25) is 4.79 Å². The first-order valence-electron chi connectivity index (χ1n) is 5.81. The Morgan fingerprint density at radius 1 is 1.19 bits per heavy atom. The number of anilines is 1. The van der Waals surface area contributed by atoms with Gasteiger partial charge in [0.1, 0.15) is 6.07 Å². The molecule has 1 heterocycles. The standard InChI is InChI=1S/C14H10N2O5/c1-20-13(18)9(7-15)11-8-5-3-4-6-10(8)16(12(11)17)14(19)21-2/h3-6H,1-2H3/b11-9-. The van der Waals surface area contributed by atoms with Gasteiger partial charge in [-0.2, -0.15) is 5.26 Å². The number of rotatable bonds is 1. The molecule has 0 atom stereocenters. The smallest absolute Gasteiger partial charge is 0.421 e. The Bertz CT molecular complexity index is 714. The van der Waals surface area contributed by atoms with E-state index >= 15 is 0 Å². The number of carbonyl (C=O) groups is 3. The lowest BCUT2D eigenvalue weighted by Crippen LogP contribution is -2.33. The highest BCUT2D eigenvalue weighted by molar-refractivity contribution is 6.41. The Hall–Kier alpha value is -3.14. The molecule has 0 spiro atoms. The molecule has 0 aromatic heterocycles. The Morgan fingerprint density at radius 3 is 2.43 bits per heavy atom. The van der Waals surface area contributed by atoms with Crippen molar-refractivity contribution in [3.05, 3.63) is 35.4 Å². The average molecular weight is 286 g/mol. The number of methoxy groups -OCH3 is 2. The van der Waals surface area contributed by atoms with E-state index in [-0.39, 0.29) is 11.3 Å². The lowest BCUT2D eigenvalue weighted by atomic mass is 10.0. The van der Waals surface area contributed by atoms with Crippen molar-refractivity contribution < 1.29 is 23.9 Å². The highest BCUT2D eigenvalue weighted by Crippen LogP contribution is 2.38. The van der Waals surface area contributed by atoms with E-state index in [1.54, 1.807) is 18.2 Å². The molecule has 1 aliphatic heterocycles. The van der Waals surface area contributed by atoms with Gasteiger partial charge in [-0.25, -0.2) is 14.5 Å². The Labute approximate surface area is 120 Å². The number of ether oxygens (including phenoxy) is 2. The zero-order valence-corrected chi connectivity index (χ0v) is 11.2. The molecule has 7 heteroatoms. The van der Waals surface area contributed by atoms with Gasteiger partial charge in [0.2, 0.25) is 0 Å². The molecule has 106 valence electrons. The van der Waals surface area contributed by atoms with Crippen molar-refractivity contribution in [1.82, 2.24) is 0 Å². The fourth-order valence-electron chi connectivity index (χ4n) is 2.04. The van der Waals surface area contributed by atoms with Crippen LogP contribution in [0.25, 0.3) is 5.57 Å². The van der Waals surface area contributed by atoms with Crippen LogP contribution in [0.5, 0.6) is 0 Å². The summed E-state index contributed by atoms with van der Waals surface area (Å²) in [7, 11) is 2.23. The second-order valence-corrected chi connectivity index (χ2v) is 3.98. The number of carbonyl (C=O) groups excluding carboxylic acids is 3. The van der Waals surface area contributed by atoms with Crippen molar-refractivity contribution >= 4 is 29.2 Å². The maximum absolute atomic E-state index is 12.4. The summed E-state index contributed by atoms with van der Waals surface area (Å²) in [6.45, 7) is 0. The lowest BCUT2D eigenvalue weighted by molar-refractivity contribution is -0.135. The number of benzene rings is 1. The number of fused-ring (bicyclic) bond motifs is 1. The fraction of sp³-hybridized carbons (Fsp3) is 0.143. The largest absolute Gasteiger partial charge is 0.465 e. The number of amides is 2. The van der Waals surface area contributed by atoms with E-state index in [0.29, 0.717) is 5.56 Å². The van der Waals surface area contributed by atoms with E-state index in [1.165, 1.54) is 12.1 Å². The minimum absolute atomic E-state index is 0.176. The van der Waals surface area contributed by atoms with Crippen LogP contribution in [0.3, 0.4) is 0 Å². The second-order valence-electron chi connectivity index (χ2n) is 3.98. The van der Waals surface area contributed by atoms with Crippen LogP contribution in [0.2, 0.25) is 0 Å². The minimum Gasteiger partial charge on any atom is -0.465 e. The number of nitrogens with zero attached hydrogens (tertiary/aromatic N) is 2. The van der Waals surface area contributed by atoms with Crippen molar-refractivity contribution in [2.45, 2.75) is 0 Å². The molecule has 0 fully saturated rings. The highest BCUT2D eigenvalue weighted by atomic mass is 16.5. The normalized spacial score (nSPS) is 15.1. The van der Waals surface area contributed by atoms with E-state index in [9.17, 15) is 14.4 Å². The topological polar surface area (TPSA) is 96.7 Å². The third kappa shape index (κ3) is 2.12. The quantitative estimate of drug-likeness (QED) is 0.438. The number of imide groups is 1. The number of hydrogen-bond donors (Lipinski definition) is 0. The van der Waals surface area contributed by atoms with Crippen LogP contribution in [0.15, 0.2) is 29.8 Å². The van der Waals surface area contributed by atoms with Gasteiger partial charge in [0.15, 0.2) is 5.57 Å². The summed E-state index contributed by atoms with van der Waals surface area (Å²) in [6, 6.07) is 7.94. The SMILES string of the molecule is COC(=O)/C(C#N)=C1\C(=O)N(C(=O)OC)c2ccccc21. The third-order valence-corrected chi connectivity index (χ3v) is 2.94. The van der Waals surface area contributed by atoms with Gasteiger partial charge in [-0.15, -0.1) is 0 Å². The van der Waals surface area contributed by atoms with Crippen LogP contribution in [0.1, 0.15) is 5.56 Å². The molecular formula is C14H10N2O5. The summed E-state index contributed by atoms with van der Waals surface area (Å²) in [6.07, 6.45) is -0.899. The molecule has 2 rings (SSSR count). The van der Waals surface area contributed by atoms with Crippen LogP contribution in [-0.4, -0.2) is 32.2 Å². The highest BCUT2D eigenvalue weighted by Gasteiger charge is 2.40. The van der Waals surface area contributed by atoms with E-state index in [4.69, 9.17) is 5.26 Å². The third-order valence-electron chi connectivity index (χ3n) is 2.94. The van der Waals surface area contributed by atoms with Crippen molar-refractivity contribution in [3.63, 3.8) is 0 Å². The van der Waals surface area contributed by atoms with Gasteiger partial charge in [0.25, 0.3) is 5.91 Å². The Kier molecular flexibility index (Phi) is 3.71. The fourth-order valence-corrected chi connectivity index (χ4v) is 2.04. The molecule has 0 saturated heterocycles. The zero-order valence-electron chi connectivity index (χ0n) is 11.2. The molecule has 0 bridgehead atoms. The van der Waals surface area contributed by atoms with Crippen molar-refractivity contribution in [2.75, 3.05) is 19.1 Å². The molecule has 0 aliphatic carbocycles. The van der Waals surface area contributed by atoms with Gasteiger partial charge in [0.05, 0.1) is 25.5 Å². The summed E-state index contributed by atoms with van der Waals surface area (Å²) in [5.74, 6) is -1.74. The van der Waals surface area contributed by atoms with Crippen LogP contribution in [0, 0.1) is 11.3 Å². The molecule has 7 nitrogen and oxygen atoms in total. The van der Waals surface area contributed by atoms with Crippen LogP contribution >= 0.6 is 0 Å². The molecule has 0 unspecified atom stereocenters. The first-order valence-corrected chi connectivity index (χ1v) is 5.81. The van der Waals surface area contributed by atoms with E-state index in [1.807, 2.05) is 0 Å². The molecule has 0 N–H and O–H groups in total. The number of nitriles is 1. The maximum Gasteiger partial charge on any atom is 0.421 e. The Balaban J connectivity index is 2.74. The average Bonchev–Trinajstić information content (AvgIpc) is 2.80. The number of para-hydroxylation sites is 1. The minimum atomic E-state index is -0.942. The zero-order chi connectivity index (χ0) is 15.6. The van der Waals surface area contributed by atoms with Crippen molar-refractivity contribution in [1.29, 1.82) is 5.26 Å². The predicted octanol–water partition coefficient (Wildman–Crippen LogP) is 1.25. The van der Waals surface area contributed by atoms with Gasteiger partial charge in [-0.05, 0) is 6.07 Å². The summed E-state index contributed by atoms with van der Waals surface area (Å²) in [4.78, 5) is 36.5. The Morgan fingerprint density at radius 2 is 1.86 bits per heavy atom. The number of hydrogen-bond acceptors (Lipinski definition) is 6. The molecule has 1 aromatic rings. The molecule has 21 heavy (non-hydrogen) atoms. The van der Waals surface area contributed by atoms with Crippen LogP contribution in [-0.2, 0) is 19.1 Å².